The van der Waals surface area contributed by atoms with Gasteiger partial charge in [-0.1, -0.05) is 61.0 Å². The molecule has 0 heterocycles. The van der Waals surface area contributed by atoms with E-state index in [0.717, 1.165) is 30.4 Å². The molecular weight excluding hydrogens is 352 g/mol. The van der Waals surface area contributed by atoms with Crippen molar-refractivity contribution in [3.63, 3.8) is 0 Å². The Balaban J connectivity index is 1.61. The summed E-state index contributed by atoms with van der Waals surface area (Å²) in [5, 5.41) is 9.39. The van der Waals surface area contributed by atoms with E-state index in [2.05, 4.69) is 30.8 Å². The monoisotopic (exact) mass is 378 g/mol. The first-order valence-electron chi connectivity index (χ1n) is 9.79. The van der Waals surface area contributed by atoms with Gasteiger partial charge in [-0.15, -0.1) is 6.58 Å². The van der Waals surface area contributed by atoms with Crippen molar-refractivity contribution < 1.29 is 19.4 Å². The maximum atomic E-state index is 12.3. The maximum Gasteiger partial charge on any atom is 0.307 e. The molecule has 0 saturated heterocycles. The normalized spacial score (nSPS) is 13.4. The van der Waals surface area contributed by atoms with Crippen LogP contribution in [0.25, 0.3) is 11.1 Å². The van der Waals surface area contributed by atoms with Crippen LogP contribution in [0.2, 0.25) is 0 Å². The maximum absolute atomic E-state index is 12.3. The van der Waals surface area contributed by atoms with Crippen molar-refractivity contribution in [3.05, 3.63) is 72.3 Å². The highest BCUT2D eigenvalue weighted by atomic mass is 16.5. The van der Waals surface area contributed by atoms with Crippen molar-refractivity contribution in [1.29, 1.82) is 0 Å². The lowest BCUT2D eigenvalue weighted by atomic mass is 9.97. The first-order chi connectivity index (χ1) is 13.6. The molecule has 2 aromatic rings. The highest BCUT2D eigenvalue weighted by Gasteiger charge is 2.29. The second-order valence-electron chi connectivity index (χ2n) is 7.22. The molecule has 1 atom stereocenters. The van der Waals surface area contributed by atoms with Crippen molar-refractivity contribution in [3.8, 4) is 11.1 Å². The minimum absolute atomic E-state index is 0.00720. The summed E-state index contributed by atoms with van der Waals surface area (Å²) in [6.45, 7) is 3.90. The Labute approximate surface area is 165 Å². The summed E-state index contributed by atoms with van der Waals surface area (Å²) in [6.07, 6.45) is 4.73. The van der Waals surface area contributed by atoms with Gasteiger partial charge in [-0.05, 0) is 41.5 Å². The number of benzene rings is 2. The molecular formula is C24H26O4. The van der Waals surface area contributed by atoms with Crippen molar-refractivity contribution in [1.82, 2.24) is 0 Å². The van der Waals surface area contributed by atoms with E-state index in [1.165, 1.54) is 11.1 Å². The number of esters is 1. The van der Waals surface area contributed by atoms with E-state index in [4.69, 9.17) is 4.74 Å². The van der Waals surface area contributed by atoms with Crippen LogP contribution in [0.4, 0.5) is 0 Å². The van der Waals surface area contributed by atoms with Crippen LogP contribution >= 0.6 is 0 Å². The molecule has 146 valence electrons. The third-order valence-corrected chi connectivity index (χ3v) is 5.35. The van der Waals surface area contributed by atoms with E-state index in [0.29, 0.717) is 6.42 Å². The molecule has 4 heteroatoms. The highest BCUT2D eigenvalue weighted by Crippen LogP contribution is 2.44. The number of hydrogen-bond donors (Lipinski definition) is 1. The van der Waals surface area contributed by atoms with Gasteiger partial charge in [-0.25, -0.2) is 0 Å². The number of unbranched alkanes of at least 4 members (excludes halogenated alkanes) is 2. The zero-order valence-corrected chi connectivity index (χ0v) is 16.0. The quantitative estimate of drug-likeness (QED) is 0.351. The number of ether oxygens (including phenoxy) is 1. The summed E-state index contributed by atoms with van der Waals surface area (Å²) < 4.78 is 5.53. The van der Waals surface area contributed by atoms with Gasteiger partial charge < -0.3 is 9.84 Å². The van der Waals surface area contributed by atoms with Crippen LogP contribution in [-0.4, -0.2) is 23.7 Å². The Morgan fingerprint density at radius 1 is 1.04 bits per heavy atom. The minimum Gasteiger partial charge on any atom is -0.481 e. The molecule has 0 aliphatic heterocycles. The Morgan fingerprint density at radius 3 is 2.21 bits per heavy atom. The second-order valence-corrected chi connectivity index (χ2v) is 7.22. The molecule has 28 heavy (non-hydrogen) atoms. The topological polar surface area (TPSA) is 63.6 Å². The summed E-state index contributed by atoms with van der Waals surface area (Å²) >= 11 is 0. The van der Waals surface area contributed by atoms with Gasteiger partial charge in [-0.3, -0.25) is 9.59 Å². The van der Waals surface area contributed by atoms with Gasteiger partial charge in [0.1, 0.15) is 6.61 Å². The molecule has 1 N–H and O–H groups in total. The summed E-state index contributed by atoms with van der Waals surface area (Å²) in [6, 6.07) is 16.3. The Bertz CT molecular complexity index is 810. The molecule has 0 saturated carbocycles. The van der Waals surface area contributed by atoms with Gasteiger partial charge in [0.05, 0.1) is 12.3 Å². The number of carbonyl (C=O) groups excluding carboxylic acids is 1. The lowest BCUT2D eigenvalue weighted by Crippen LogP contribution is -2.21. The fourth-order valence-corrected chi connectivity index (χ4v) is 3.87. The summed E-state index contributed by atoms with van der Waals surface area (Å²) in [7, 11) is 0. The predicted molar refractivity (Wildman–Crippen MR) is 109 cm³/mol. The standard InChI is InChI=1S/C24H26O4/c1-2-3-4-5-10-17(24(26)27)15-23(25)28-16-22-20-13-8-6-11-18(20)19-12-7-9-14-21(19)22/h2,6-9,11-14,17,22H,1,3-5,10,15-16H2,(H,26,27)/t17-/m1/s1. The SMILES string of the molecule is C=CCCCC[C@H](CC(=O)OCC1c2ccccc2-c2ccccc21)C(=O)O. The second kappa shape index (κ2) is 9.36. The molecule has 1 aliphatic carbocycles. The smallest absolute Gasteiger partial charge is 0.307 e. The fourth-order valence-electron chi connectivity index (χ4n) is 3.87. The molecule has 0 fully saturated rings. The third kappa shape index (κ3) is 4.50. The number of carboxylic acid groups (broad SMARTS) is 1. The van der Waals surface area contributed by atoms with E-state index in [1.54, 1.807) is 0 Å². The largest absolute Gasteiger partial charge is 0.481 e. The molecule has 0 amide bonds. The van der Waals surface area contributed by atoms with Crippen molar-refractivity contribution in [2.24, 2.45) is 5.92 Å². The van der Waals surface area contributed by atoms with Crippen LogP contribution in [0.5, 0.6) is 0 Å². The predicted octanol–water partition coefficient (Wildman–Crippen LogP) is 5.18. The number of carbonyl (C=O) groups is 2. The van der Waals surface area contributed by atoms with Crippen LogP contribution in [0, 0.1) is 5.92 Å². The van der Waals surface area contributed by atoms with Gasteiger partial charge in [0.2, 0.25) is 0 Å². The van der Waals surface area contributed by atoms with E-state index < -0.39 is 17.9 Å². The van der Waals surface area contributed by atoms with Crippen molar-refractivity contribution in [2.75, 3.05) is 6.61 Å². The third-order valence-electron chi connectivity index (χ3n) is 5.35. The number of rotatable bonds is 10. The average molecular weight is 378 g/mol. The van der Waals surface area contributed by atoms with Gasteiger partial charge >= 0.3 is 11.9 Å². The summed E-state index contributed by atoms with van der Waals surface area (Å²) in [5.74, 6) is -2.09. The number of aliphatic carboxylic acids is 1. The Kier molecular flexibility index (Phi) is 6.64. The van der Waals surface area contributed by atoms with Crippen LogP contribution in [0.1, 0.15) is 49.1 Å². The number of hydrogen-bond acceptors (Lipinski definition) is 3. The molecule has 2 aromatic carbocycles. The number of fused-ring (bicyclic) bond motifs is 3. The lowest BCUT2D eigenvalue weighted by Gasteiger charge is -2.16. The first-order valence-corrected chi connectivity index (χ1v) is 9.79. The molecule has 0 radical (unpaired) electrons. The van der Waals surface area contributed by atoms with Gasteiger partial charge in [-0.2, -0.15) is 0 Å². The van der Waals surface area contributed by atoms with Crippen molar-refractivity contribution >= 4 is 11.9 Å². The summed E-state index contributed by atoms with van der Waals surface area (Å²) in [5.41, 5.74) is 4.64. The highest BCUT2D eigenvalue weighted by molar-refractivity contribution is 5.80. The lowest BCUT2D eigenvalue weighted by molar-refractivity contribution is -0.152. The molecule has 0 aromatic heterocycles. The minimum atomic E-state index is -0.938. The van der Waals surface area contributed by atoms with Crippen molar-refractivity contribution in [2.45, 2.75) is 38.0 Å². The fraction of sp³-hybridized carbons (Fsp3) is 0.333. The van der Waals surface area contributed by atoms with Gasteiger partial charge in [0, 0.05) is 5.92 Å². The molecule has 4 nitrogen and oxygen atoms in total. The Hall–Kier alpha value is -2.88. The summed E-state index contributed by atoms with van der Waals surface area (Å²) in [4.78, 5) is 23.8. The van der Waals surface area contributed by atoms with Crippen LogP contribution in [-0.2, 0) is 14.3 Å². The molecule has 1 aliphatic rings. The Morgan fingerprint density at radius 2 is 1.64 bits per heavy atom. The first kappa shape index (κ1) is 19.9. The average Bonchev–Trinajstić information content (AvgIpc) is 3.02. The molecule has 0 unspecified atom stereocenters. The van der Waals surface area contributed by atoms with Gasteiger partial charge in [0.25, 0.3) is 0 Å². The molecule has 0 bridgehead atoms. The van der Waals surface area contributed by atoms with E-state index >= 15 is 0 Å². The van der Waals surface area contributed by atoms with E-state index in [1.807, 2.05) is 30.3 Å². The number of allylic oxidation sites excluding steroid dienone is 1. The van der Waals surface area contributed by atoms with E-state index in [9.17, 15) is 14.7 Å². The zero-order chi connectivity index (χ0) is 19.9. The van der Waals surface area contributed by atoms with Crippen LogP contribution in [0.15, 0.2) is 61.2 Å². The number of carboxylic acids is 1. The van der Waals surface area contributed by atoms with Gasteiger partial charge in [0.15, 0.2) is 0 Å². The molecule has 3 rings (SSSR count). The van der Waals surface area contributed by atoms with E-state index in [-0.39, 0.29) is 18.9 Å². The van der Waals surface area contributed by atoms with Crippen LogP contribution in [0.3, 0.4) is 0 Å². The van der Waals surface area contributed by atoms with Crippen LogP contribution < -0.4 is 0 Å². The molecule has 0 spiro atoms. The zero-order valence-electron chi connectivity index (χ0n) is 16.0.